The highest BCUT2D eigenvalue weighted by molar-refractivity contribution is 9.10. The summed E-state index contributed by atoms with van der Waals surface area (Å²) in [5.74, 6) is 0. The van der Waals surface area contributed by atoms with Crippen molar-refractivity contribution >= 4 is 38.6 Å². The maximum Gasteiger partial charge on any atom is 0.261 e. The van der Waals surface area contributed by atoms with Crippen LogP contribution in [0.2, 0.25) is 5.02 Å². The molecule has 5 nitrogen and oxygen atoms in total. The van der Waals surface area contributed by atoms with Crippen LogP contribution in [0, 0.1) is 0 Å². The van der Waals surface area contributed by atoms with Crippen LogP contribution in [0.4, 0.5) is 0 Å². The maximum absolute atomic E-state index is 12.2. The number of fused-ring (bicyclic) bond motifs is 1. The van der Waals surface area contributed by atoms with E-state index in [0.29, 0.717) is 16.1 Å². The highest BCUT2D eigenvalue weighted by Crippen LogP contribution is 2.38. The van der Waals surface area contributed by atoms with E-state index in [1.807, 2.05) is 48.5 Å². The van der Waals surface area contributed by atoms with Crippen LogP contribution in [0.25, 0.3) is 39.0 Å². The third-order valence-electron chi connectivity index (χ3n) is 4.91. The molecule has 0 unspecified atom stereocenters. The summed E-state index contributed by atoms with van der Waals surface area (Å²) in [6, 6.07) is 21.8. The summed E-state index contributed by atoms with van der Waals surface area (Å²) in [6.45, 7) is 0. The van der Waals surface area contributed by atoms with Gasteiger partial charge < -0.3 is 4.98 Å². The molecule has 0 atom stereocenters. The molecule has 0 radical (unpaired) electrons. The topological polar surface area (TPSA) is 63.6 Å². The normalized spacial score (nSPS) is 11.1. The molecular weight excluding hydrogens is 464 g/mol. The Morgan fingerprint density at radius 1 is 0.967 bits per heavy atom. The number of halogens is 2. The molecule has 7 heteroatoms. The SMILES string of the molecule is O=c1[nH]cnc2c1cnn2-c1cccc(-c2ccc(Br)cc2)c1-c1cccc(Cl)c1. The predicted molar refractivity (Wildman–Crippen MR) is 123 cm³/mol. The fourth-order valence-corrected chi connectivity index (χ4v) is 4.02. The lowest BCUT2D eigenvalue weighted by Crippen LogP contribution is -2.07. The van der Waals surface area contributed by atoms with E-state index in [4.69, 9.17) is 11.6 Å². The first kappa shape index (κ1) is 18.8. The molecule has 0 aliphatic heterocycles. The summed E-state index contributed by atoms with van der Waals surface area (Å²) in [6.07, 6.45) is 2.93. The van der Waals surface area contributed by atoms with E-state index in [2.05, 4.69) is 49.2 Å². The molecule has 2 aromatic heterocycles. The van der Waals surface area contributed by atoms with Crippen molar-refractivity contribution in [1.29, 1.82) is 0 Å². The average molecular weight is 478 g/mol. The lowest BCUT2D eigenvalue weighted by molar-refractivity contribution is 0.896. The van der Waals surface area contributed by atoms with Crippen molar-refractivity contribution in [3.63, 3.8) is 0 Å². The molecule has 30 heavy (non-hydrogen) atoms. The van der Waals surface area contributed by atoms with Crippen molar-refractivity contribution in [3.05, 3.63) is 99.1 Å². The maximum atomic E-state index is 12.2. The summed E-state index contributed by atoms with van der Waals surface area (Å²) in [4.78, 5) is 19.1. The van der Waals surface area contributed by atoms with Crippen LogP contribution >= 0.6 is 27.5 Å². The summed E-state index contributed by atoms with van der Waals surface area (Å²) >= 11 is 9.82. The molecular formula is C23H14BrClN4O. The van der Waals surface area contributed by atoms with Crippen molar-refractivity contribution in [3.8, 4) is 27.9 Å². The second-order valence-electron chi connectivity index (χ2n) is 6.74. The largest absolute Gasteiger partial charge is 0.312 e. The average Bonchev–Trinajstić information content (AvgIpc) is 3.19. The molecule has 0 amide bonds. The van der Waals surface area contributed by atoms with Crippen LogP contribution in [-0.2, 0) is 0 Å². The zero-order chi connectivity index (χ0) is 20.7. The Labute approximate surface area is 185 Å². The number of hydrogen-bond acceptors (Lipinski definition) is 3. The number of nitrogens with one attached hydrogen (secondary N) is 1. The number of aromatic nitrogens is 4. The van der Waals surface area contributed by atoms with Gasteiger partial charge in [0, 0.05) is 15.1 Å². The Kier molecular flexibility index (Phi) is 4.73. The van der Waals surface area contributed by atoms with E-state index in [1.165, 1.54) is 12.5 Å². The fourth-order valence-electron chi connectivity index (χ4n) is 3.57. The van der Waals surface area contributed by atoms with Crippen molar-refractivity contribution in [2.75, 3.05) is 0 Å². The molecule has 5 aromatic rings. The van der Waals surface area contributed by atoms with Gasteiger partial charge in [-0.05, 0) is 47.0 Å². The highest BCUT2D eigenvalue weighted by atomic mass is 79.9. The van der Waals surface area contributed by atoms with Gasteiger partial charge in [-0.3, -0.25) is 4.79 Å². The number of H-pyrrole nitrogens is 1. The molecule has 2 heterocycles. The van der Waals surface area contributed by atoms with Gasteiger partial charge in [0.1, 0.15) is 5.39 Å². The first-order chi connectivity index (χ1) is 14.6. The summed E-state index contributed by atoms with van der Waals surface area (Å²) in [5, 5.41) is 5.55. The van der Waals surface area contributed by atoms with Gasteiger partial charge in [-0.25, -0.2) is 9.67 Å². The van der Waals surface area contributed by atoms with Gasteiger partial charge >= 0.3 is 0 Å². The van der Waals surface area contributed by atoms with Crippen LogP contribution in [0.15, 0.2) is 88.5 Å². The number of rotatable bonds is 3. The minimum Gasteiger partial charge on any atom is -0.312 e. The molecule has 146 valence electrons. The Bertz CT molecular complexity index is 1440. The van der Waals surface area contributed by atoms with Gasteiger partial charge in [-0.1, -0.05) is 63.9 Å². The monoisotopic (exact) mass is 476 g/mol. The van der Waals surface area contributed by atoms with Gasteiger partial charge in [0.25, 0.3) is 5.56 Å². The van der Waals surface area contributed by atoms with Crippen LogP contribution < -0.4 is 5.56 Å². The molecule has 5 rings (SSSR count). The standard InChI is InChI=1S/C23H14BrClN4O/c24-16-9-7-14(8-10-16)18-5-2-6-20(21(18)15-3-1-4-17(25)11-15)29-22-19(12-28-29)23(30)27-13-26-22/h1-13H,(H,26,27,30). The zero-order valence-electron chi connectivity index (χ0n) is 15.5. The molecule has 0 saturated heterocycles. The summed E-state index contributed by atoms with van der Waals surface area (Å²) < 4.78 is 2.71. The van der Waals surface area contributed by atoms with E-state index < -0.39 is 0 Å². The minimum absolute atomic E-state index is 0.223. The predicted octanol–water partition coefficient (Wildman–Crippen LogP) is 5.86. The molecule has 0 spiro atoms. The van der Waals surface area contributed by atoms with E-state index >= 15 is 0 Å². The van der Waals surface area contributed by atoms with Gasteiger partial charge in [0.15, 0.2) is 5.65 Å². The Morgan fingerprint density at radius 3 is 2.57 bits per heavy atom. The third kappa shape index (κ3) is 3.24. The number of aromatic amines is 1. The fraction of sp³-hybridized carbons (Fsp3) is 0. The number of hydrogen-bond donors (Lipinski definition) is 1. The van der Waals surface area contributed by atoms with Crippen LogP contribution in [0.3, 0.4) is 0 Å². The first-order valence-electron chi connectivity index (χ1n) is 9.18. The smallest absolute Gasteiger partial charge is 0.261 e. The minimum atomic E-state index is -0.223. The highest BCUT2D eigenvalue weighted by Gasteiger charge is 2.17. The molecule has 0 bridgehead atoms. The van der Waals surface area contributed by atoms with Gasteiger partial charge in [0.05, 0.1) is 18.2 Å². The first-order valence-corrected chi connectivity index (χ1v) is 10.4. The summed E-state index contributed by atoms with van der Waals surface area (Å²) in [7, 11) is 0. The van der Waals surface area contributed by atoms with Crippen LogP contribution in [-0.4, -0.2) is 19.7 Å². The Balaban J connectivity index is 1.85. The van der Waals surface area contributed by atoms with E-state index in [0.717, 1.165) is 32.4 Å². The second-order valence-corrected chi connectivity index (χ2v) is 8.09. The number of nitrogens with zero attached hydrogens (tertiary/aromatic N) is 3. The zero-order valence-corrected chi connectivity index (χ0v) is 17.9. The van der Waals surface area contributed by atoms with Crippen molar-refractivity contribution in [1.82, 2.24) is 19.7 Å². The lowest BCUT2D eigenvalue weighted by atomic mass is 9.93. The van der Waals surface area contributed by atoms with E-state index in [-0.39, 0.29) is 5.56 Å². The number of benzene rings is 3. The van der Waals surface area contributed by atoms with Gasteiger partial charge in [-0.2, -0.15) is 5.10 Å². The van der Waals surface area contributed by atoms with Crippen LogP contribution in [0.5, 0.6) is 0 Å². The van der Waals surface area contributed by atoms with E-state index in [9.17, 15) is 4.79 Å². The molecule has 0 fully saturated rings. The Hall–Kier alpha value is -3.22. The Morgan fingerprint density at radius 2 is 1.77 bits per heavy atom. The lowest BCUT2D eigenvalue weighted by Gasteiger charge is -2.16. The second kappa shape index (κ2) is 7.55. The van der Waals surface area contributed by atoms with Gasteiger partial charge in [-0.15, -0.1) is 0 Å². The van der Waals surface area contributed by atoms with Crippen molar-refractivity contribution in [2.24, 2.45) is 0 Å². The molecule has 3 aromatic carbocycles. The quantitative estimate of drug-likeness (QED) is 0.354. The molecule has 0 saturated carbocycles. The molecule has 0 aliphatic carbocycles. The van der Waals surface area contributed by atoms with Crippen molar-refractivity contribution in [2.45, 2.75) is 0 Å². The molecule has 1 N–H and O–H groups in total. The third-order valence-corrected chi connectivity index (χ3v) is 5.67. The molecule has 0 aliphatic rings. The van der Waals surface area contributed by atoms with E-state index in [1.54, 1.807) is 4.68 Å². The van der Waals surface area contributed by atoms with Crippen LogP contribution in [0.1, 0.15) is 0 Å². The van der Waals surface area contributed by atoms with Gasteiger partial charge in [0.2, 0.25) is 0 Å². The summed E-state index contributed by atoms with van der Waals surface area (Å²) in [5.41, 5.74) is 5.06. The van der Waals surface area contributed by atoms with Crippen molar-refractivity contribution < 1.29 is 0 Å².